The van der Waals surface area contributed by atoms with Crippen LogP contribution in [-0.4, -0.2) is 29.9 Å². The van der Waals surface area contributed by atoms with Crippen LogP contribution in [0.5, 0.6) is 0 Å². The summed E-state index contributed by atoms with van der Waals surface area (Å²) in [5, 5.41) is 8.45. The zero-order valence-corrected chi connectivity index (χ0v) is 9.33. The molecule has 0 aliphatic heterocycles. The highest BCUT2D eigenvalue weighted by atomic mass is 16.2. The number of nitrogens with two attached hydrogens (primary N) is 1. The van der Waals surface area contributed by atoms with Gasteiger partial charge in [-0.2, -0.15) is 5.26 Å². The molecule has 1 saturated carbocycles. The van der Waals surface area contributed by atoms with E-state index in [1.807, 2.05) is 6.07 Å². The van der Waals surface area contributed by atoms with E-state index < -0.39 is 5.54 Å². The van der Waals surface area contributed by atoms with Crippen LogP contribution in [0.3, 0.4) is 0 Å². The van der Waals surface area contributed by atoms with E-state index in [0.717, 1.165) is 25.7 Å². The van der Waals surface area contributed by atoms with Crippen molar-refractivity contribution < 1.29 is 4.79 Å². The van der Waals surface area contributed by atoms with Crippen molar-refractivity contribution >= 4 is 5.91 Å². The van der Waals surface area contributed by atoms with Crippen LogP contribution in [0.4, 0.5) is 0 Å². The predicted molar refractivity (Wildman–Crippen MR) is 57.9 cm³/mol. The molecule has 0 aromatic rings. The van der Waals surface area contributed by atoms with E-state index in [9.17, 15) is 4.79 Å². The lowest BCUT2D eigenvalue weighted by molar-refractivity contribution is -0.136. The summed E-state index contributed by atoms with van der Waals surface area (Å²) in [5.41, 5.74) is 5.44. The van der Waals surface area contributed by atoms with E-state index in [2.05, 4.69) is 0 Å². The molecule has 4 heteroatoms. The molecule has 0 aromatic carbocycles. The van der Waals surface area contributed by atoms with Gasteiger partial charge < -0.3 is 10.6 Å². The number of nitriles is 1. The molecule has 15 heavy (non-hydrogen) atoms. The topological polar surface area (TPSA) is 70.1 Å². The first-order valence-electron chi connectivity index (χ1n) is 5.51. The quantitative estimate of drug-likeness (QED) is 0.754. The van der Waals surface area contributed by atoms with E-state index in [0.29, 0.717) is 13.0 Å². The molecule has 1 rings (SSSR count). The molecule has 0 spiro atoms. The Morgan fingerprint density at radius 2 is 2.07 bits per heavy atom. The Hall–Kier alpha value is -1.08. The normalized spacial score (nSPS) is 19.3. The highest BCUT2D eigenvalue weighted by Crippen LogP contribution is 2.27. The van der Waals surface area contributed by atoms with Gasteiger partial charge in [0.25, 0.3) is 0 Å². The monoisotopic (exact) mass is 209 g/mol. The summed E-state index contributed by atoms with van der Waals surface area (Å²) in [5.74, 6) is -0.00236. The fraction of sp³-hybridized carbons (Fsp3) is 0.818. The standard InChI is InChI=1S/C11H19N3O/c1-14(9-5-8-12)10(15)11(13)6-3-2-4-7-11/h2-7,9,13H2,1H3. The van der Waals surface area contributed by atoms with E-state index in [1.54, 1.807) is 11.9 Å². The summed E-state index contributed by atoms with van der Waals surface area (Å²) in [7, 11) is 1.73. The third-order valence-corrected chi connectivity index (χ3v) is 3.08. The van der Waals surface area contributed by atoms with Gasteiger partial charge in [-0.1, -0.05) is 19.3 Å². The molecule has 2 N–H and O–H groups in total. The molecule has 0 saturated heterocycles. The maximum atomic E-state index is 12.0. The van der Waals surface area contributed by atoms with Gasteiger partial charge in [0, 0.05) is 13.6 Å². The second-order valence-electron chi connectivity index (χ2n) is 4.35. The fourth-order valence-corrected chi connectivity index (χ4v) is 2.10. The van der Waals surface area contributed by atoms with Gasteiger partial charge >= 0.3 is 0 Å². The number of amides is 1. The molecule has 1 fully saturated rings. The van der Waals surface area contributed by atoms with Crippen molar-refractivity contribution in [3.05, 3.63) is 0 Å². The molecular weight excluding hydrogens is 190 g/mol. The average molecular weight is 209 g/mol. The van der Waals surface area contributed by atoms with Gasteiger partial charge in [0.05, 0.1) is 18.0 Å². The van der Waals surface area contributed by atoms with Crippen molar-refractivity contribution in [2.75, 3.05) is 13.6 Å². The largest absolute Gasteiger partial charge is 0.343 e. The Bertz CT molecular complexity index is 263. The Labute approximate surface area is 91.0 Å². The van der Waals surface area contributed by atoms with Crippen LogP contribution < -0.4 is 5.73 Å². The molecule has 1 aliphatic carbocycles. The second-order valence-corrected chi connectivity index (χ2v) is 4.35. The highest BCUT2D eigenvalue weighted by Gasteiger charge is 2.36. The minimum atomic E-state index is -0.664. The summed E-state index contributed by atoms with van der Waals surface area (Å²) in [6, 6.07) is 2.03. The van der Waals surface area contributed by atoms with Gasteiger partial charge in [0.2, 0.25) is 5.91 Å². The summed E-state index contributed by atoms with van der Waals surface area (Å²) in [6.07, 6.45) is 5.18. The first kappa shape index (κ1) is 12.0. The average Bonchev–Trinajstić information content (AvgIpc) is 2.26. The van der Waals surface area contributed by atoms with Crippen molar-refractivity contribution in [3.63, 3.8) is 0 Å². The van der Waals surface area contributed by atoms with Crippen molar-refractivity contribution in [2.45, 2.75) is 44.1 Å². The Kier molecular flexibility index (Phi) is 4.10. The molecule has 0 atom stereocenters. The smallest absolute Gasteiger partial charge is 0.242 e. The summed E-state index contributed by atoms with van der Waals surface area (Å²) in [4.78, 5) is 13.6. The third kappa shape index (κ3) is 2.93. The molecule has 84 valence electrons. The Balaban J connectivity index is 2.54. The lowest BCUT2D eigenvalue weighted by atomic mass is 9.81. The Morgan fingerprint density at radius 1 is 1.47 bits per heavy atom. The van der Waals surface area contributed by atoms with Gasteiger partial charge in [-0.25, -0.2) is 0 Å². The number of nitrogens with zero attached hydrogens (tertiary/aromatic N) is 2. The number of likely N-dealkylation sites (N-methyl/N-ethyl adjacent to an activating group) is 1. The second kappa shape index (κ2) is 5.13. The number of carbonyl (C=O) groups excluding carboxylic acids is 1. The van der Waals surface area contributed by atoms with E-state index in [1.165, 1.54) is 6.42 Å². The molecule has 0 heterocycles. The van der Waals surface area contributed by atoms with Crippen molar-refractivity contribution in [3.8, 4) is 6.07 Å². The van der Waals surface area contributed by atoms with Crippen LogP contribution in [0.25, 0.3) is 0 Å². The summed E-state index contributed by atoms with van der Waals surface area (Å²) in [6.45, 7) is 0.480. The molecule has 1 aliphatic rings. The minimum absolute atomic E-state index is 0.00236. The van der Waals surface area contributed by atoms with Gasteiger partial charge in [0.15, 0.2) is 0 Å². The van der Waals surface area contributed by atoms with Crippen LogP contribution in [0, 0.1) is 11.3 Å². The number of hydrogen-bond donors (Lipinski definition) is 1. The zero-order valence-electron chi connectivity index (χ0n) is 9.33. The minimum Gasteiger partial charge on any atom is -0.343 e. The zero-order chi connectivity index (χ0) is 11.3. The summed E-state index contributed by atoms with van der Waals surface area (Å²) < 4.78 is 0. The number of rotatable bonds is 3. The van der Waals surface area contributed by atoms with Crippen LogP contribution in [-0.2, 0) is 4.79 Å². The first-order chi connectivity index (χ1) is 7.10. The maximum Gasteiger partial charge on any atom is 0.242 e. The fourth-order valence-electron chi connectivity index (χ4n) is 2.10. The van der Waals surface area contributed by atoms with Gasteiger partial charge in [-0.05, 0) is 12.8 Å². The van der Waals surface area contributed by atoms with Gasteiger partial charge in [0.1, 0.15) is 0 Å². The van der Waals surface area contributed by atoms with E-state index in [4.69, 9.17) is 11.0 Å². The number of hydrogen-bond acceptors (Lipinski definition) is 3. The molecular formula is C11H19N3O. The lowest BCUT2D eigenvalue weighted by Crippen LogP contribution is -2.55. The van der Waals surface area contributed by atoms with Crippen LogP contribution in [0.15, 0.2) is 0 Å². The Morgan fingerprint density at radius 3 is 2.60 bits per heavy atom. The molecule has 0 aromatic heterocycles. The van der Waals surface area contributed by atoms with Crippen molar-refractivity contribution in [1.29, 1.82) is 5.26 Å². The molecule has 1 amide bonds. The molecule has 0 bridgehead atoms. The van der Waals surface area contributed by atoms with Gasteiger partial charge in [-0.15, -0.1) is 0 Å². The predicted octanol–water partition coefficient (Wildman–Crippen LogP) is 1.02. The lowest BCUT2D eigenvalue weighted by Gasteiger charge is -2.35. The summed E-state index contributed by atoms with van der Waals surface area (Å²) >= 11 is 0. The molecule has 0 unspecified atom stereocenters. The maximum absolute atomic E-state index is 12.0. The number of carbonyl (C=O) groups is 1. The van der Waals surface area contributed by atoms with E-state index >= 15 is 0 Å². The molecule has 4 nitrogen and oxygen atoms in total. The van der Waals surface area contributed by atoms with E-state index in [-0.39, 0.29) is 5.91 Å². The van der Waals surface area contributed by atoms with Crippen molar-refractivity contribution in [2.24, 2.45) is 5.73 Å². The van der Waals surface area contributed by atoms with Crippen molar-refractivity contribution in [1.82, 2.24) is 4.90 Å². The van der Waals surface area contributed by atoms with Crippen LogP contribution in [0.1, 0.15) is 38.5 Å². The third-order valence-electron chi connectivity index (χ3n) is 3.08. The van der Waals surface area contributed by atoms with Crippen LogP contribution >= 0.6 is 0 Å². The first-order valence-corrected chi connectivity index (χ1v) is 5.51. The highest BCUT2D eigenvalue weighted by molar-refractivity contribution is 5.86. The van der Waals surface area contributed by atoms with Crippen LogP contribution in [0.2, 0.25) is 0 Å². The van der Waals surface area contributed by atoms with Gasteiger partial charge in [-0.3, -0.25) is 4.79 Å². The SMILES string of the molecule is CN(CCC#N)C(=O)C1(N)CCCCC1. The molecule has 0 radical (unpaired) electrons.